The third kappa shape index (κ3) is 20.9. The zero-order valence-electron chi connectivity index (χ0n) is 50.4. The molecule has 11 N–H and O–H groups in total. The lowest BCUT2D eigenvalue weighted by Gasteiger charge is -2.23. The van der Waals surface area contributed by atoms with E-state index in [9.17, 15) is 19.2 Å². The first-order chi connectivity index (χ1) is 41.4. The number of alkyl halides is 1. The van der Waals surface area contributed by atoms with Crippen molar-refractivity contribution in [2.24, 2.45) is 0 Å². The summed E-state index contributed by atoms with van der Waals surface area (Å²) in [6.45, 7) is 18.4. The summed E-state index contributed by atoms with van der Waals surface area (Å²) in [5, 5.41) is 54.6. The van der Waals surface area contributed by atoms with Crippen molar-refractivity contribution in [3.63, 3.8) is 0 Å². The maximum Gasteiger partial charge on any atom is 0.244 e. The molecule has 4 unspecified atom stereocenters. The molecule has 7 aromatic rings. The fourth-order valence-corrected chi connectivity index (χ4v) is 9.70. The summed E-state index contributed by atoms with van der Waals surface area (Å²) < 4.78 is 30.3. The van der Waals surface area contributed by atoms with Crippen LogP contribution in [0.15, 0.2) is 42.5 Å². The zero-order chi connectivity index (χ0) is 61.5. The van der Waals surface area contributed by atoms with Crippen LogP contribution < -0.4 is 37.6 Å². The predicted molar refractivity (Wildman–Crippen MR) is 329 cm³/mol. The highest BCUT2D eigenvalue weighted by Gasteiger charge is 2.23. The van der Waals surface area contributed by atoms with E-state index in [0.717, 1.165) is 137 Å². The molecule has 4 atom stereocenters. The van der Waals surface area contributed by atoms with Crippen molar-refractivity contribution in [1.82, 2.24) is 69.7 Å². The van der Waals surface area contributed by atoms with Crippen LogP contribution in [0, 0.1) is 48.5 Å². The van der Waals surface area contributed by atoms with E-state index in [1.54, 1.807) is 12.1 Å². The van der Waals surface area contributed by atoms with Gasteiger partial charge < -0.3 is 56.6 Å². The number of nitrogens with two attached hydrogens (primary N) is 1. The molecule has 11 rings (SSSR count). The van der Waals surface area contributed by atoms with E-state index in [1.807, 2.05) is 97.5 Å². The Morgan fingerprint density at radius 2 is 0.802 bits per heavy atom. The van der Waals surface area contributed by atoms with Crippen LogP contribution in [0.25, 0.3) is 0 Å². The molecule has 4 aliphatic rings. The number of anilines is 7. The maximum atomic E-state index is 12.4. The average Bonchev–Trinajstić information content (AvgIpc) is 3.70. The maximum absolute atomic E-state index is 12.4. The monoisotopic (exact) mass is 1260 g/mol. The molecule has 4 saturated heterocycles. The van der Waals surface area contributed by atoms with E-state index in [4.69, 9.17) is 24.7 Å². The van der Waals surface area contributed by atoms with Gasteiger partial charge >= 0.3 is 0 Å². The SMILES string of the molecule is CC(=O)Nc1cc(C)[nH]n1.Cc1cc(N)nn1C1CCCCO1.Cc1cc(NC(=O)CBr)nn1C1CCCCO1.Cc1cc(NCC(=O)Nc2cc(C)[nH]n2)n[nH]1.Cc1cc(NCC(=O)Nc2cc(C)n(C3CCCCO3)n2)nn1C1CCCCO1. The van der Waals surface area contributed by atoms with Gasteiger partial charge in [0.2, 0.25) is 23.6 Å². The Labute approximate surface area is 508 Å². The molecule has 30 heteroatoms. The standard InChI is InChI=1S/C20H30N6O3.C11H16BrN3O2.C10H14N6O.C9H15N3O.C6H9N3O/c1-14-11-16(23-25(14)19-7-3-5-9-28-19)21-13-18(27)22-17-12-15(2)26(24-17)20-8-4-6-10-29-20;1-8-6-9(13-10(16)7-12)14-15(8)11-4-2-3-5-17-11;1-6-3-8(15-13-6)11-5-10(17)12-9-4-7(2)14-16-9;1-7-6-8(10)11-12(7)9-4-2-3-5-13-9;1-4-3-6(9-8-4)7-5(2)10/h11-12,19-20H,3-10,13H2,1-2H3,(H,21,23)(H,22,24,27);6,11H,2-5,7H2,1H3,(H,13,14,16);3-4H,5H2,1-2H3,(H2,11,13,15)(H2,12,14,16,17);6,9H,2-5H2,1H3,(H2,10,11);3H,1-2H3,(H2,7,8,9,10). The molecular weight excluding hydrogens is 1170 g/mol. The first kappa shape index (κ1) is 65.6. The minimum Gasteiger partial charge on any atom is -0.382 e. The second-order valence-corrected chi connectivity index (χ2v) is 21.8. The Bertz CT molecular complexity index is 3220. The summed E-state index contributed by atoms with van der Waals surface area (Å²) >= 11 is 3.10. The predicted octanol–water partition coefficient (Wildman–Crippen LogP) is 8.32. The van der Waals surface area contributed by atoms with Crippen molar-refractivity contribution in [2.45, 2.75) is 157 Å². The minimum absolute atomic E-state index is 0.0120. The van der Waals surface area contributed by atoms with Gasteiger partial charge in [-0.25, -0.2) is 18.7 Å². The van der Waals surface area contributed by atoms with E-state index in [1.165, 1.54) is 13.3 Å². The van der Waals surface area contributed by atoms with Gasteiger partial charge in [-0.3, -0.25) is 34.5 Å². The van der Waals surface area contributed by atoms with E-state index in [-0.39, 0.29) is 67.0 Å². The van der Waals surface area contributed by atoms with Crippen LogP contribution in [0.3, 0.4) is 0 Å². The van der Waals surface area contributed by atoms with Crippen molar-refractivity contribution in [3.8, 4) is 0 Å². The molecular formula is C56H84BrN21O8. The second kappa shape index (κ2) is 33.1. The van der Waals surface area contributed by atoms with Gasteiger partial charge in [0, 0.05) is 116 Å². The molecule has 0 radical (unpaired) electrons. The number of carbonyl (C=O) groups is 4. The fraction of sp³-hybridized carbons (Fsp3) is 0.554. The van der Waals surface area contributed by atoms with Gasteiger partial charge in [0.1, 0.15) is 17.5 Å². The number of rotatable bonds is 15. The van der Waals surface area contributed by atoms with Crippen LogP contribution in [-0.4, -0.2) is 138 Å². The van der Waals surface area contributed by atoms with E-state index in [2.05, 4.69) is 98.8 Å². The number of amides is 4. The highest BCUT2D eigenvalue weighted by atomic mass is 79.9. The lowest BCUT2D eigenvalue weighted by atomic mass is 10.2. The Kier molecular flexibility index (Phi) is 25.3. The molecule has 29 nitrogen and oxygen atoms in total. The molecule has 0 spiro atoms. The second-order valence-electron chi connectivity index (χ2n) is 21.3. The van der Waals surface area contributed by atoms with E-state index < -0.39 is 0 Å². The summed E-state index contributed by atoms with van der Waals surface area (Å²) in [6, 6.07) is 12.9. The summed E-state index contributed by atoms with van der Waals surface area (Å²) in [4.78, 5) is 45.6. The van der Waals surface area contributed by atoms with Crippen molar-refractivity contribution in [2.75, 3.05) is 82.5 Å². The molecule has 0 aromatic carbocycles. The van der Waals surface area contributed by atoms with Crippen molar-refractivity contribution >= 4 is 80.3 Å². The van der Waals surface area contributed by atoms with Crippen LogP contribution in [0.5, 0.6) is 0 Å². The number of nitrogen functional groups attached to an aromatic ring is 1. The van der Waals surface area contributed by atoms with Gasteiger partial charge in [0.15, 0.2) is 48.2 Å². The first-order valence-electron chi connectivity index (χ1n) is 29.1. The third-order valence-corrected chi connectivity index (χ3v) is 14.1. The number of halogens is 1. The van der Waals surface area contributed by atoms with Crippen molar-refractivity contribution in [3.05, 3.63) is 82.3 Å². The molecule has 7 aromatic heterocycles. The van der Waals surface area contributed by atoms with Crippen LogP contribution in [0.1, 0.15) is 149 Å². The third-order valence-electron chi connectivity index (χ3n) is 13.6. The quantitative estimate of drug-likeness (QED) is 0.0431. The van der Waals surface area contributed by atoms with Crippen LogP contribution in [0.4, 0.5) is 40.7 Å². The summed E-state index contributed by atoms with van der Waals surface area (Å²) in [7, 11) is 0. The lowest BCUT2D eigenvalue weighted by Crippen LogP contribution is -2.23. The largest absolute Gasteiger partial charge is 0.382 e. The smallest absolute Gasteiger partial charge is 0.244 e. The molecule has 86 heavy (non-hydrogen) atoms. The number of nitrogens with one attached hydrogen (secondary N) is 9. The average molecular weight is 1260 g/mol. The molecule has 4 aliphatic heterocycles. The number of aromatic nitrogens is 14. The number of H-pyrrole nitrogens is 3. The molecule has 4 amide bonds. The molecule has 11 heterocycles. The number of aromatic amines is 3. The van der Waals surface area contributed by atoms with Gasteiger partial charge in [0.05, 0.1) is 18.4 Å². The highest BCUT2D eigenvalue weighted by molar-refractivity contribution is 9.09. The Morgan fingerprint density at radius 1 is 0.465 bits per heavy atom. The molecule has 0 bridgehead atoms. The first-order valence-corrected chi connectivity index (χ1v) is 30.2. The molecule has 4 fully saturated rings. The van der Waals surface area contributed by atoms with Gasteiger partial charge in [-0.2, -0.15) is 35.7 Å². The van der Waals surface area contributed by atoms with Crippen molar-refractivity contribution < 1.29 is 38.1 Å². The van der Waals surface area contributed by atoms with Crippen LogP contribution in [-0.2, 0) is 38.1 Å². The summed E-state index contributed by atoms with van der Waals surface area (Å²) in [5.41, 5.74) is 12.4. The minimum atomic E-state index is -0.169. The summed E-state index contributed by atoms with van der Waals surface area (Å²) in [5.74, 6) is 3.58. The Balaban J connectivity index is 0.000000162. The van der Waals surface area contributed by atoms with E-state index >= 15 is 0 Å². The van der Waals surface area contributed by atoms with Gasteiger partial charge in [-0.15, -0.1) is 0 Å². The number of hydrogen-bond donors (Lipinski definition) is 10. The number of ether oxygens (including phenoxy) is 4. The molecule has 468 valence electrons. The lowest BCUT2D eigenvalue weighted by molar-refractivity contribution is -0.115. The molecule has 0 saturated carbocycles. The fourth-order valence-electron chi connectivity index (χ4n) is 9.56. The van der Waals surface area contributed by atoms with E-state index in [0.29, 0.717) is 40.7 Å². The normalized spacial score (nSPS) is 18.2. The Morgan fingerprint density at radius 3 is 1.15 bits per heavy atom. The van der Waals surface area contributed by atoms with Gasteiger partial charge in [-0.1, -0.05) is 15.9 Å². The number of aryl methyl sites for hydroxylation is 7. The highest BCUT2D eigenvalue weighted by Crippen LogP contribution is 2.28. The molecule has 0 aliphatic carbocycles. The topological polar surface area (TPSA) is 361 Å². The van der Waals surface area contributed by atoms with Crippen LogP contribution in [0.2, 0.25) is 0 Å². The number of hydrogen-bond acceptors (Lipinski definition) is 18. The van der Waals surface area contributed by atoms with Gasteiger partial charge in [-0.05, 0) is 126 Å². The van der Waals surface area contributed by atoms with Crippen molar-refractivity contribution in [1.29, 1.82) is 0 Å². The Hall–Kier alpha value is -7.93. The number of nitrogens with zero attached hydrogens (tertiary/aromatic N) is 11. The number of carbonyl (C=O) groups excluding carboxylic acids is 4. The summed E-state index contributed by atoms with van der Waals surface area (Å²) in [6.07, 6.45) is 13.1. The van der Waals surface area contributed by atoms with Gasteiger partial charge in [0.25, 0.3) is 0 Å². The zero-order valence-corrected chi connectivity index (χ0v) is 52.0. The van der Waals surface area contributed by atoms with Crippen LogP contribution >= 0.6 is 15.9 Å².